The van der Waals surface area contributed by atoms with Crippen LogP contribution in [0, 0.1) is 6.92 Å². The fourth-order valence-corrected chi connectivity index (χ4v) is 2.14. The first-order valence-electron chi connectivity index (χ1n) is 5.73. The number of aryl methyl sites for hydroxylation is 2. The van der Waals surface area contributed by atoms with Gasteiger partial charge in [0.1, 0.15) is 5.75 Å². The number of phenols is 1. The molecular formula is C13H14BrN3O2. The zero-order valence-corrected chi connectivity index (χ0v) is 12.2. The molecule has 1 amide bonds. The molecule has 0 bridgehead atoms. The average Bonchev–Trinajstić information content (AvgIpc) is 2.65. The second kappa shape index (κ2) is 5.44. The van der Waals surface area contributed by atoms with E-state index in [2.05, 4.69) is 26.3 Å². The minimum absolute atomic E-state index is 0.0465. The minimum atomic E-state index is -0.312. The fraction of sp³-hybridized carbons (Fsp3) is 0.231. The number of nitrogens with zero attached hydrogens (tertiary/aromatic N) is 2. The third kappa shape index (κ3) is 3.14. The summed E-state index contributed by atoms with van der Waals surface area (Å²) in [6.45, 7) is 2.27. The van der Waals surface area contributed by atoms with Crippen LogP contribution in [0.5, 0.6) is 5.75 Å². The number of aromatic hydroxyl groups is 1. The number of rotatable bonds is 3. The summed E-state index contributed by atoms with van der Waals surface area (Å²) in [5.74, 6) is -0.358. The van der Waals surface area contributed by atoms with Crippen molar-refractivity contribution in [3.63, 3.8) is 0 Å². The summed E-state index contributed by atoms with van der Waals surface area (Å²) in [5, 5.41) is 16.7. The Hall–Kier alpha value is -1.82. The van der Waals surface area contributed by atoms with Crippen LogP contribution >= 0.6 is 15.9 Å². The molecule has 0 radical (unpaired) electrons. The van der Waals surface area contributed by atoms with Crippen LogP contribution in [-0.4, -0.2) is 20.8 Å². The van der Waals surface area contributed by atoms with Gasteiger partial charge >= 0.3 is 0 Å². The summed E-state index contributed by atoms with van der Waals surface area (Å²) in [5.41, 5.74) is 2.08. The molecule has 5 nitrogen and oxygen atoms in total. The molecule has 2 N–H and O–H groups in total. The molecule has 0 aliphatic carbocycles. The first-order chi connectivity index (χ1) is 8.97. The van der Waals surface area contributed by atoms with Crippen molar-refractivity contribution in [2.45, 2.75) is 13.5 Å². The maximum absolute atomic E-state index is 12.0. The van der Waals surface area contributed by atoms with Gasteiger partial charge in [-0.15, -0.1) is 0 Å². The molecule has 0 atom stereocenters. The second-order valence-corrected chi connectivity index (χ2v) is 5.17. The minimum Gasteiger partial charge on any atom is -0.507 e. The quantitative estimate of drug-likeness (QED) is 0.909. The summed E-state index contributed by atoms with van der Waals surface area (Å²) in [7, 11) is 1.83. The van der Waals surface area contributed by atoms with E-state index >= 15 is 0 Å². The number of amides is 1. The molecule has 6 heteroatoms. The van der Waals surface area contributed by atoms with Gasteiger partial charge in [-0.3, -0.25) is 9.48 Å². The van der Waals surface area contributed by atoms with Crippen molar-refractivity contribution in [1.29, 1.82) is 0 Å². The van der Waals surface area contributed by atoms with Gasteiger partial charge in [-0.05, 0) is 25.1 Å². The van der Waals surface area contributed by atoms with Gasteiger partial charge in [-0.1, -0.05) is 15.9 Å². The lowest BCUT2D eigenvalue weighted by Gasteiger charge is -2.06. The molecule has 0 unspecified atom stereocenters. The van der Waals surface area contributed by atoms with E-state index in [1.165, 1.54) is 6.07 Å². The van der Waals surface area contributed by atoms with E-state index in [1.54, 1.807) is 16.8 Å². The molecule has 0 aliphatic heterocycles. The van der Waals surface area contributed by atoms with Crippen LogP contribution in [0.3, 0.4) is 0 Å². The number of halogens is 1. The molecule has 19 heavy (non-hydrogen) atoms. The van der Waals surface area contributed by atoms with Gasteiger partial charge in [0.25, 0.3) is 5.91 Å². The highest BCUT2D eigenvalue weighted by molar-refractivity contribution is 9.10. The predicted molar refractivity (Wildman–Crippen MR) is 74.9 cm³/mol. The Morgan fingerprint density at radius 2 is 2.26 bits per heavy atom. The SMILES string of the molecule is Cc1nn(C)cc1CNC(=O)c1ccc(Br)cc1O. The Morgan fingerprint density at radius 3 is 2.84 bits per heavy atom. The normalized spacial score (nSPS) is 10.5. The molecule has 2 aromatic rings. The molecule has 0 fully saturated rings. The number of phenolic OH excluding ortho intramolecular Hbond substituents is 1. The van der Waals surface area contributed by atoms with Gasteiger partial charge in [0.05, 0.1) is 11.3 Å². The maximum atomic E-state index is 12.0. The van der Waals surface area contributed by atoms with Crippen molar-refractivity contribution in [3.8, 4) is 5.75 Å². The van der Waals surface area contributed by atoms with Crippen molar-refractivity contribution in [3.05, 3.63) is 45.7 Å². The summed E-state index contributed by atoms with van der Waals surface area (Å²) in [6.07, 6.45) is 1.86. The van der Waals surface area contributed by atoms with Crippen LogP contribution in [0.4, 0.5) is 0 Å². The lowest BCUT2D eigenvalue weighted by Crippen LogP contribution is -2.23. The zero-order chi connectivity index (χ0) is 14.0. The molecule has 1 aromatic carbocycles. The van der Waals surface area contributed by atoms with Crippen molar-refractivity contribution in [2.75, 3.05) is 0 Å². The molecule has 2 rings (SSSR count). The molecule has 0 spiro atoms. The van der Waals surface area contributed by atoms with Crippen LogP contribution < -0.4 is 5.32 Å². The Labute approximate surface area is 119 Å². The monoisotopic (exact) mass is 323 g/mol. The summed E-state index contributed by atoms with van der Waals surface area (Å²) >= 11 is 3.23. The molecule has 1 aromatic heterocycles. The Morgan fingerprint density at radius 1 is 1.53 bits per heavy atom. The number of benzene rings is 1. The molecule has 0 saturated heterocycles. The molecular weight excluding hydrogens is 310 g/mol. The van der Waals surface area contributed by atoms with Gasteiger partial charge in [0, 0.05) is 29.8 Å². The van der Waals surface area contributed by atoms with Gasteiger partial charge in [-0.2, -0.15) is 5.10 Å². The van der Waals surface area contributed by atoms with Crippen LogP contribution in [0.1, 0.15) is 21.6 Å². The third-order valence-corrected chi connectivity index (χ3v) is 3.25. The molecule has 100 valence electrons. The number of aromatic nitrogens is 2. The molecule has 0 aliphatic rings. The predicted octanol–water partition coefficient (Wildman–Crippen LogP) is 2.13. The van der Waals surface area contributed by atoms with E-state index in [4.69, 9.17) is 0 Å². The van der Waals surface area contributed by atoms with E-state index in [0.717, 1.165) is 15.7 Å². The Bertz CT molecular complexity index is 622. The second-order valence-electron chi connectivity index (χ2n) is 4.26. The third-order valence-electron chi connectivity index (χ3n) is 2.76. The highest BCUT2D eigenvalue weighted by Gasteiger charge is 2.12. The maximum Gasteiger partial charge on any atom is 0.255 e. The van der Waals surface area contributed by atoms with Crippen LogP contribution in [0.25, 0.3) is 0 Å². The van der Waals surface area contributed by atoms with Crippen molar-refractivity contribution in [2.24, 2.45) is 7.05 Å². The number of hydrogen-bond acceptors (Lipinski definition) is 3. The lowest BCUT2D eigenvalue weighted by atomic mass is 10.2. The number of nitrogens with one attached hydrogen (secondary N) is 1. The summed E-state index contributed by atoms with van der Waals surface area (Å²) in [4.78, 5) is 12.0. The summed E-state index contributed by atoms with van der Waals surface area (Å²) in [6, 6.07) is 4.78. The van der Waals surface area contributed by atoms with E-state index in [0.29, 0.717) is 6.54 Å². The van der Waals surface area contributed by atoms with Crippen molar-refractivity contribution >= 4 is 21.8 Å². The zero-order valence-electron chi connectivity index (χ0n) is 10.6. The van der Waals surface area contributed by atoms with Gasteiger partial charge in [0.15, 0.2) is 0 Å². The average molecular weight is 324 g/mol. The van der Waals surface area contributed by atoms with Gasteiger partial charge < -0.3 is 10.4 Å². The first kappa shape index (κ1) is 13.6. The van der Waals surface area contributed by atoms with Gasteiger partial charge in [0.2, 0.25) is 0 Å². The van der Waals surface area contributed by atoms with Crippen molar-refractivity contribution < 1.29 is 9.90 Å². The standard InChI is InChI=1S/C13H14BrN3O2/c1-8-9(7-17(2)16-8)6-15-13(19)11-4-3-10(14)5-12(11)18/h3-5,7,18H,6H2,1-2H3,(H,15,19). The Balaban J connectivity index is 2.07. The van der Waals surface area contributed by atoms with Crippen molar-refractivity contribution in [1.82, 2.24) is 15.1 Å². The molecule has 1 heterocycles. The highest BCUT2D eigenvalue weighted by atomic mass is 79.9. The van der Waals surface area contributed by atoms with Crippen LogP contribution in [-0.2, 0) is 13.6 Å². The van der Waals surface area contributed by atoms with Gasteiger partial charge in [-0.25, -0.2) is 0 Å². The van der Waals surface area contributed by atoms with E-state index < -0.39 is 0 Å². The lowest BCUT2D eigenvalue weighted by molar-refractivity contribution is 0.0948. The highest BCUT2D eigenvalue weighted by Crippen LogP contribution is 2.22. The van der Waals surface area contributed by atoms with Crippen LogP contribution in [0.2, 0.25) is 0 Å². The van der Waals surface area contributed by atoms with E-state index in [1.807, 2.05) is 20.2 Å². The first-order valence-corrected chi connectivity index (χ1v) is 6.52. The summed E-state index contributed by atoms with van der Waals surface area (Å²) < 4.78 is 2.43. The smallest absolute Gasteiger partial charge is 0.255 e. The Kier molecular flexibility index (Phi) is 3.90. The number of hydrogen-bond donors (Lipinski definition) is 2. The largest absolute Gasteiger partial charge is 0.507 e. The number of carbonyl (C=O) groups excluding carboxylic acids is 1. The van der Waals surface area contributed by atoms with E-state index in [-0.39, 0.29) is 17.2 Å². The topological polar surface area (TPSA) is 67.2 Å². The fourth-order valence-electron chi connectivity index (χ4n) is 1.79. The van der Waals surface area contributed by atoms with E-state index in [9.17, 15) is 9.90 Å². The number of carbonyl (C=O) groups is 1. The molecule has 0 saturated carbocycles. The van der Waals surface area contributed by atoms with Crippen LogP contribution in [0.15, 0.2) is 28.9 Å².